The maximum Gasteiger partial charge on any atom is 0.0303 e. The van der Waals surface area contributed by atoms with E-state index >= 15 is 0 Å². The lowest BCUT2D eigenvalue weighted by atomic mass is 9.75. The fourth-order valence-electron chi connectivity index (χ4n) is 4.64. The molecule has 2 rings (SSSR count). The summed E-state index contributed by atoms with van der Waals surface area (Å²) < 4.78 is 0. The molecule has 2 fully saturated rings. The van der Waals surface area contributed by atoms with E-state index in [1.807, 2.05) is 0 Å². The number of rotatable bonds is 8. The normalized spacial score (nSPS) is 25.3. The van der Waals surface area contributed by atoms with Crippen molar-refractivity contribution >= 4 is 0 Å². The van der Waals surface area contributed by atoms with Gasteiger partial charge in [0.25, 0.3) is 0 Å². The molecule has 0 aromatic heterocycles. The first-order valence-corrected chi connectivity index (χ1v) is 9.59. The zero-order valence-corrected chi connectivity index (χ0v) is 14.6. The van der Waals surface area contributed by atoms with Crippen molar-refractivity contribution in [3.8, 4) is 0 Å². The Balaban J connectivity index is 1.77. The molecule has 0 radical (unpaired) electrons. The minimum absolute atomic E-state index is 0.256. The maximum atomic E-state index is 6.18. The topological polar surface area (TPSA) is 29.3 Å². The molecule has 2 heteroatoms. The van der Waals surface area contributed by atoms with Crippen LogP contribution in [0.15, 0.2) is 0 Å². The highest BCUT2D eigenvalue weighted by molar-refractivity contribution is 4.95. The molecular formula is C19H38N2. The van der Waals surface area contributed by atoms with Crippen molar-refractivity contribution < 1.29 is 0 Å². The van der Waals surface area contributed by atoms with E-state index in [0.29, 0.717) is 0 Å². The van der Waals surface area contributed by atoms with Gasteiger partial charge in [-0.1, -0.05) is 51.9 Å². The van der Waals surface area contributed by atoms with Gasteiger partial charge in [0.05, 0.1) is 0 Å². The summed E-state index contributed by atoms with van der Waals surface area (Å²) in [5, 5.41) is 0. The average molecular weight is 295 g/mol. The lowest BCUT2D eigenvalue weighted by Gasteiger charge is -2.48. The standard InChI is InChI=1S/C19H38N2/c1-3-4-5-6-7-10-18(2,17-20)21-15-13-19(14-16-21)11-8-9-12-19/h3-17,20H2,1-2H3. The van der Waals surface area contributed by atoms with Crippen LogP contribution < -0.4 is 5.73 Å². The summed E-state index contributed by atoms with van der Waals surface area (Å²) in [6, 6.07) is 0. The molecule has 1 atom stereocenters. The van der Waals surface area contributed by atoms with Crippen LogP contribution in [0.25, 0.3) is 0 Å². The third-order valence-corrected chi connectivity index (χ3v) is 6.51. The highest BCUT2D eigenvalue weighted by Gasteiger charge is 2.40. The first-order valence-electron chi connectivity index (χ1n) is 9.59. The Hall–Kier alpha value is -0.0800. The number of likely N-dealkylation sites (tertiary alicyclic amines) is 1. The minimum atomic E-state index is 0.256. The van der Waals surface area contributed by atoms with Crippen LogP contribution >= 0.6 is 0 Å². The molecule has 1 saturated carbocycles. The summed E-state index contributed by atoms with van der Waals surface area (Å²) in [4.78, 5) is 2.73. The van der Waals surface area contributed by atoms with Crippen LogP contribution in [0.4, 0.5) is 0 Å². The van der Waals surface area contributed by atoms with Gasteiger partial charge in [-0.15, -0.1) is 0 Å². The smallest absolute Gasteiger partial charge is 0.0303 e. The lowest BCUT2D eigenvalue weighted by Crippen LogP contribution is -2.55. The second-order valence-corrected chi connectivity index (χ2v) is 8.06. The molecule has 2 aliphatic rings. The fraction of sp³-hybridized carbons (Fsp3) is 1.00. The number of nitrogens with zero attached hydrogens (tertiary/aromatic N) is 1. The van der Waals surface area contributed by atoms with Gasteiger partial charge in [0.2, 0.25) is 0 Å². The van der Waals surface area contributed by atoms with E-state index in [1.165, 1.54) is 90.1 Å². The van der Waals surface area contributed by atoms with Crippen molar-refractivity contribution in [3.05, 3.63) is 0 Å². The van der Waals surface area contributed by atoms with E-state index in [9.17, 15) is 0 Å². The Kier molecular flexibility index (Phi) is 6.55. The van der Waals surface area contributed by atoms with Crippen LogP contribution in [0.2, 0.25) is 0 Å². The van der Waals surface area contributed by atoms with Crippen LogP contribution in [0.5, 0.6) is 0 Å². The van der Waals surface area contributed by atoms with Crippen molar-refractivity contribution in [2.75, 3.05) is 19.6 Å². The van der Waals surface area contributed by atoms with Gasteiger partial charge in [0.1, 0.15) is 0 Å². The molecule has 1 heterocycles. The quantitative estimate of drug-likeness (QED) is 0.656. The van der Waals surface area contributed by atoms with Gasteiger partial charge in [-0.2, -0.15) is 0 Å². The van der Waals surface area contributed by atoms with Gasteiger partial charge in [-0.05, 0) is 57.5 Å². The molecule has 0 aromatic carbocycles. The molecule has 1 unspecified atom stereocenters. The zero-order chi connectivity index (χ0) is 15.2. The van der Waals surface area contributed by atoms with E-state index in [4.69, 9.17) is 5.73 Å². The minimum Gasteiger partial charge on any atom is -0.329 e. The molecule has 124 valence electrons. The molecule has 1 spiro atoms. The van der Waals surface area contributed by atoms with Gasteiger partial charge in [-0.3, -0.25) is 4.90 Å². The van der Waals surface area contributed by atoms with Crippen LogP contribution in [0.3, 0.4) is 0 Å². The Labute approximate surface area is 132 Å². The molecule has 0 bridgehead atoms. The maximum absolute atomic E-state index is 6.18. The zero-order valence-electron chi connectivity index (χ0n) is 14.6. The largest absolute Gasteiger partial charge is 0.329 e. The summed E-state index contributed by atoms with van der Waals surface area (Å²) in [7, 11) is 0. The van der Waals surface area contributed by atoms with E-state index in [2.05, 4.69) is 18.7 Å². The number of unbranched alkanes of at least 4 members (excludes halogenated alkanes) is 4. The number of nitrogens with two attached hydrogens (primary N) is 1. The van der Waals surface area contributed by atoms with Gasteiger partial charge in [0, 0.05) is 12.1 Å². The molecule has 0 aromatic rings. The summed E-state index contributed by atoms with van der Waals surface area (Å²) in [6.45, 7) is 8.12. The third-order valence-electron chi connectivity index (χ3n) is 6.51. The molecule has 21 heavy (non-hydrogen) atoms. The van der Waals surface area contributed by atoms with Gasteiger partial charge >= 0.3 is 0 Å². The molecule has 2 N–H and O–H groups in total. The fourth-order valence-corrected chi connectivity index (χ4v) is 4.64. The highest BCUT2D eigenvalue weighted by Crippen LogP contribution is 2.47. The Bertz CT molecular complexity index is 286. The van der Waals surface area contributed by atoms with Gasteiger partial charge in [-0.25, -0.2) is 0 Å². The van der Waals surface area contributed by atoms with E-state index in [1.54, 1.807) is 0 Å². The number of hydrogen-bond donors (Lipinski definition) is 1. The van der Waals surface area contributed by atoms with E-state index in [-0.39, 0.29) is 5.54 Å². The first-order chi connectivity index (χ1) is 10.1. The summed E-state index contributed by atoms with van der Waals surface area (Å²) in [5.41, 5.74) is 7.17. The van der Waals surface area contributed by atoms with Crippen LogP contribution in [-0.2, 0) is 0 Å². The van der Waals surface area contributed by atoms with Crippen molar-refractivity contribution in [1.82, 2.24) is 4.90 Å². The molecule has 1 aliphatic heterocycles. The van der Waals surface area contributed by atoms with Crippen LogP contribution in [0.1, 0.15) is 90.9 Å². The Morgan fingerprint density at radius 3 is 2.14 bits per heavy atom. The molecule has 1 aliphatic carbocycles. The second kappa shape index (κ2) is 7.97. The average Bonchev–Trinajstić information content (AvgIpc) is 2.95. The Morgan fingerprint density at radius 2 is 1.57 bits per heavy atom. The second-order valence-electron chi connectivity index (χ2n) is 8.06. The van der Waals surface area contributed by atoms with Crippen LogP contribution in [0, 0.1) is 5.41 Å². The highest BCUT2D eigenvalue weighted by atomic mass is 15.2. The van der Waals surface area contributed by atoms with Gasteiger partial charge in [0.15, 0.2) is 0 Å². The van der Waals surface area contributed by atoms with Gasteiger partial charge < -0.3 is 5.73 Å². The van der Waals surface area contributed by atoms with Crippen molar-refractivity contribution in [2.45, 2.75) is 96.4 Å². The monoisotopic (exact) mass is 294 g/mol. The summed E-state index contributed by atoms with van der Waals surface area (Å²) in [6.07, 6.45) is 17.0. The SMILES string of the molecule is CCCCCCCC(C)(CN)N1CCC2(CCCC2)CC1. The van der Waals surface area contributed by atoms with E-state index < -0.39 is 0 Å². The third kappa shape index (κ3) is 4.45. The van der Waals surface area contributed by atoms with Crippen molar-refractivity contribution in [3.63, 3.8) is 0 Å². The van der Waals surface area contributed by atoms with E-state index in [0.717, 1.165) is 12.0 Å². The van der Waals surface area contributed by atoms with Crippen molar-refractivity contribution in [2.24, 2.45) is 11.1 Å². The summed E-state index contributed by atoms with van der Waals surface area (Å²) >= 11 is 0. The molecule has 0 amide bonds. The molecular weight excluding hydrogens is 256 g/mol. The predicted molar refractivity (Wildman–Crippen MR) is 92.5 cm³/mol. The predicted octanol–water partition coefficient (Wildman–Crippen LogP) is 4.72. The van der Waals surface area contributed by atoms with Crippen LogP contribution in [-0.4, -0.2) is 30.1 Å². The number of hydrogen-bond acceptors (Lipinski definition) is 2. The molecule has 2 nitrogen and oxygen atoms in total. The molecule has 1 saturated heterocycles. The van der Waals surface area contributed by atoms with Crippen molar-refractivity contribution in [1.29, 1.82) is 0 Å². The first kappa shape index (κ1) is 17.3. The Morgan fingerprint density at radius 1 is 0.952 bits per heavy atom. The lowest BCUT2D eigenvalue weighted by molar-refractivity contribution is 0.0254. The number of piperidine rings is 1. The summed E-state index contributed by atoms with van der Waals surface area (Å²) in [5.74, 6) is 0.